The van der Waals surface area contributed by atoms with E-state index in [1.807, 2.05) is 84.3 Å². The molecule has 0 unspecified atom stereocenters. The molecule has 186 valence electrons. The average molecular weight is 503 g/mol. The molecule has 4 rings (SSSR count). The van der Waals surface area contributed by atoms with Crippen molar-refractivity contribution in [1.82, 2.24) is 14.8 Å². The Kier molecular flexibility index (Phi) is 8.28. The van der Waals surface area contributed by atoms with E-state index in [2.05, 4.69) is 29.4 Å². The number of hydrogen-bond donors (Lipinski definition) is 1. The van der Waals surface area contributed by atoms with Gasteiger partial charge in [-0.25, -0.2) is 0 Å². The van der Waals surface area contributed by atoms with E-state index < -0.39 is 0 Å². The largest absolute Gasteiger partial charge is 0.497 e. The van der Waals surface area contributed by atoms with Crippen LogP contribution in [0.1, 0.15) is 36.7 Å². The molecular weight excluding hydrogens is 472 g/mol. The Balaban J connectivity index is 1.48. The van der Waals surface area contributed by atoms with E-state index in [0.29, 0.717) is 16.9 Å². The third-order valence-corrected chi connectivity index (χ3v) is 6.54. The zero-order valence-electron chi connectivity index (χ0n) is 20.9. The first kappa shape index (κ1) is 25.3. The standard InChI is InChI=1S/C28H30N4O3S/c1-19(2)21-7-9-22(10-8-21)29-27(33)18-36-28-31-30-26(17-35-25-13-5-20(3)6-14-25)32(28)23-11-15-24(34-4)16-12-23/h5-16,19H,17-18H2,1-4H3,(H,29,33). The smallest absolute Gasteiger partial charge is 0.234 e. The molecule has 3 aromatic carbocycles. The van der Waals surface area contributed by atoms with Gasteiger partial charge in [-0.3, -0.25) is 9.36 Å². The summed E-state index contributed by atoms with van der Waals surface area (Å²) < 4.78 is 13.2. The van der Waals surface area contributed by atoms with Crippen molar-refractivity contribution in [2.24, 2.45) is 0 Å². The molecule has 8 heteroatoms. The first-order valence-corrected chi connectivity index (χ1v) is 12.7. The van der Waals surface area contributed by atoms with Gasteiger partial charge in [0.25, 0.3) is 0 Å². The summed E-state index contributed by atoms with van der Waals surface area (Å²) in [6.45, 7) is 6.55. The SMILES string of the molecule is COc1ccc(-n2c(COc3ccc(C)cc3)nnc2SCC(=O)Nc2ccc(C(C)C)cc2)cc1. The highest BCUT2D eigenvalue weighted by Gasteiger charge is 2.17. The third-order valence-electron chi connectivity index (χ3n) is 5.61. The van der Waals surface area contributed by atoms with Gasteiger partial charge in [0.1, 0.15) is 18.1 Å². The molecule has 0 aliphatic heterocycles. The van der Waals surface area contributed by atoms with Crippen LogP contribution in [0.15, 0.2) is 78.0 Å². The third kappa shape index (κ3) is 6.46. The summed E-state index contributed by atoms with van der Waals surface area (Å²) in [4.78, 5) is 12.7. The van der Waals surface area contributed by atoms with Crippen molar-refractivity contribution < 1.29 is 14.3 Å². The lowest BCUT2D eigenvalue weighted by atomic mass is 10.0. The number of carbonyl (C=O) groups excluding carboxylic acids is 1. The fourth-order valence-corrected chi connectivity index (χ4v) is 4.31. The van der Waals surface area contributed by atoms with E-state index >= 15 is 0 Å². The number of aromatic nitrogens is 3. The molecule has 0 saturated heterocycles. The van der Waals surface area contributed by atoms with Crippen LogP contribution in [0.5, 0.6) is 11.5 Å². The number of nitrogens with zero attached hydrogens (tertiary/aromatic N) is 3. The van der Waals surface area contributed by atoms with Gasteiger partial charge in [-0.1, -0.05) is 55.4 Å². The summed E-state index contributed by atoms with van der Waals surface area (Å²) in [5, 5.41) is 12.3. The van der Waals surface area contributed by atoms with Crippen LogP contribution in [0, 0.1) is 6.92 Å². The molecule has 1 aromatic heterocycles. The van der Waals surface area contributed by atoms with Crippen molar-refractivity contribution in [3.05, 3.63) is 89.7 Å². The molecular formula is C28H30N4O3S. The second-order valence-electron chi connectivity index (χ2n) is 8.65. The maximum absolute atomic E-state index is 12.7. The number of rotatable bonds is 10. The quantitative estimate of drug-likeness (QED) is 0.267. The lowest BCUT2D eigenvalue weighted by Gasteiger charge is -2.12. The molecule has 1 N–H and O–H groups in total. The number of thioether (sulfide) groups is 1. The van der Waals surface area contributed by atoms with E-state index in [1.54, 1.807) is 7.11 Å². The lowest BCUT2D eigenvalue weighted by molar-refractivity contribution is -0.113. The fourth-order valence-electron chi connectivity index (χ4n) is 3.54. The minimum Gasteiger partial charge on any atom is -0.497 e. The molecule has 0 spiro atoms. The van der Waals surface area contributed by atoms with Crippen LogP contribution >= 0.6 is 11.8 Å². The van der Waals surface area contributed by atoms with Gasteiger partial charge in [0.05, 0.1) is 12.9 Å². The molecule has 0 aliphatic rings. The first-order valence-electron chi connectivity index (χ1n) is 11.7. The summed E-state index contributed by atoms with van der Waals surface area (Å²) in [5.74, 6) is 2.66. The van der Waals surface area contributed by atoms with E-state index in [4.69, 9.17) is 9.47 Å². The summed E-state index contributed by atoms with van der Waals surface area (Å²) in [7, 11) is 1.63. The van der Waals surface area contributed by atoms with Crippen molar-refractivity contribution >= 4 is 23.4 Å². The molecule has 4 aromatic rings. The number of methoxy groups -OCH3 is 1. The van der Waals surface area contributed by atoms with E-state index in [9.17, 15) is 4.79 Å². The second kappa shape index (κ2) is 11.8. The van der Waals surface area contributed by atoms with Gasteiger partial charge in [0, 0.05) is 11.4 Å². The Morgan fingerprint density at radius 1 is 0.944 bits per heavy atom. The molecule has 1 heterocycles. The number of aryl methyl sites for hydroxylation is 1. The zero-order valence-corrected chi connectivity index (χ0v) is 21.7. The van der Waals surface area contributed by atoms with Crippen molar-refractivity contribution in [3.8, 4) is 17.2 Å². The highest BCUT2D eigenvalue weighted by Crippen LogP contribution is 2.25. The van der Waals surface area contributed by atoms with Gasteiger partial charge in [0.15, 0.2) is 11.0 Å². The van der Waals surface area contributed by atoms with E-state index in [1.165, 1.54) is 17.3 Å². The Morgan fingerprint density at radius 3 is 2.25 bits per heavy atom. The van der Waals surface area contributed by atoms with Crippen LogP contribution in [-0.4, -0.2) is 33.5 Å². The summed E-state index contributed by atoms with van der Waals surface area (Å²) in [5.41, 5.74) is 4.02. The molecule has 36 heavy (non-hydrogen) atoms. The molecule has 0 fully saturated rings. The topological polar surface area (TPSA) is 78.3 Å². The first-order chi connectivity index (χ1) is 17.4. The second-order valence-corrected chi connectivity index (χ2v) is 9.59. The minimum absolute atomic E-state index is 0.112. The van der Waals surface area contributed by atoms with Crippen LogP contribution in [0.3, 0.4) is 0 Å². The van der Waals surface area contributed by atoms with Crippen LogP contribution in [-0.2, 0) is 11.4 Å². The Morgan fingerprint density at radius 2 is 1.61 bits per heavy atom. The van der Waals surface area contributed by atoms with Crippen LogP contribution in [0.4, 0.5) is 5.69 Å². The monoisotopic (exact) mass is 502 g/mol. The van der Waals surface area contributed by atoms with Crippen LogP contribution in [0.25, 0.3) is 5.69 Å². The normalized spacial score (nSPS) is 10.9. The maximum atomic E-state index is 12.7. The molecule has 0 atom stereocenters. The van der Waals surface area contributed by atoms with Crippen LogP contribution in [0.2, 0.25) is 0 Å². The number of benzene rings is 3. The lowest BCUT2D eigenvalue weighted by Crippen LogP contribution is -2.15. The molecule has 1 amide bonds. The minimum atomic E-state index is -0.112. The van der Waals surface area contributed by atoms with E-state index in [0.717, 1.165) is 28.4 Å². The van der Waals surface area contributed by atoms with Gasteiger partial charge >= 0.3 is 0 Å². The Labute approximate surface area is 215 Å². The Bertz CT molecular complexity index is 1280. The number of hydrogen-bond acceptors (Lipinski definition) is 6. The summed E-state index contributed by atoms with van der Waals surface area (Å²) in [6.07, 6.45) is 0. The molecule has 0 radical (unpaired) electrons. The van der Waals surface area contributed by atoms with Gasteiger partial charge < -0.3 is 14.8 Å². The van der Waals surface area contributed by atoms with Gasteiger partial charge in [-0.2, -0.15) is 0 Å². The molecule has 7 nitrogen and oxygen atoms in total. The summed E-state index contributed by atoms with van der Waals surface area (Å²) in [6, 6.07) is 23.4. The van der Waals surface area contributed by atoms with Gasteiger partial charge in [-0.15, -0.1) is 10.2 Å². The Hall–Kier alpha value is -3.78. The summed E-state index contributed by atoms with van der Waals surface area (Å²) >= 11 is 1.32. The fraction of sp³-hybridized carbons (Fsp3) is 0.250. The van der Waals surface area contributed by atoms with Gasteiger partial charge in [0.2, 0.25) is 5.91 Å². The predicted octanol–water partition coefficient (Wildman–Crippen LogP) is 6.02. The highest BCUT2D eigenvalue weighted by atomic mass is 32.2. The number of ether oxygens (including phenoxy) is 2. The van der Waals surface area contributed by atoms with Crippen LogP contribution < -0.4 is 14.8 Å². The van der Waals surface area contributed by atoms with E-state index in [-0.39, 0.29) is 18.3 Å². The molecule has 0 saturated carbocycles. The maximum Gasteiger partial charge on any atom is 0.234 e. The van der Waals surface area contributed by atoms with Crippen molar-refractivity contribution in [3.63, 3.8) is 0 Å². The number of nitrogens with one attached hydrogen (secondary N) is 1. The average Bonchev–Trinajstić information content (AvgIpc) is 3.30. The van der Waals surface area contributed by atoms with Crippen molar-refractivity contribution in [2.75, 3.05) is 18.2 Å². The van der Waals surface area contributed by atoms with Gasteiger partial charge in [-0.05, 0) is 66.9 Å². The molecule has 0 aliphatic carbocycles. The number of amides is 1. The highest BCUT2D eigenvalue weighted by molar-refractivity contribution is 7.99. The molecule has 0 bridgehead atoms. The number of anilines is 1. The predicted molar refractivity (Wildman–Crippen MR) is 143 cm³/mol. The van der Waals surface area contributed by atoms with Crippen molar-refractivity contribution in [1.29, 1.82) is 0 Å². The van der Waals surface area contributed by atoms with Crippen molar-refractivity contribution in [2.45, 2.75) is 38.5 Å². The zero-order chi connectivity index (χ0) is 25.5. The number of carbonyl (C=O) groups is 1.